The summed E-state index contributed by atoms with van der Waals surface area (Å²) in [5.74, 6) is 0.773. The fraction of sp³-hybridized carbons (Fsp3) is 0.273. The van der Waals surface area contributed by atoms with Crippen LogP contribution in [0.4, 0.5) is 5.82 Å². The Kier molecular flexibility index (Phi) is 3.48. The predicted molar refractivity (Wildman–Crippen MR) is 65.7 cm³/mol. The van der Waals surface area contributed by atoms with Gasteiger partial charge in [-0.1, -0.05) is 6.07 Å². The molecule has 0 fully saturated rings. The van der Waals surface area contributed by atoms with Crippen LogP contribution < -0.4 is 4.90 Å². The summed E-state index contributed by atoms with van der Waals surface area (Å²) in [7, 11) is 1.88. The van der Waals surface area contributed by atoms with E-state index in [9.17, 15) is 0 Å². The van der Waals surface area contributed by atoms with Crippen LogP contribution >= 0.6 is 11.3 Å². The number of likely N-dealkylation sites (N-methyl/N-ethyl adjacent to an activating group) is 1. The minimum absolute atomic E-state index is 0.116. The number of aliphatic hydroxyl groups is 1. The zero-order valence-electron chi connectivity index (χ0n) is 9.00. The van der Waals surface area contributed by atoms with Crippen molar-refractivity contribution in [2.75, 3.05) is 25.1 Å². The van der Waals surface area contributed by atoms with Gasteiger partial charge in [0.2, 0.25) is 0 Å². The van der Waals surface area contributed by atoms with E-state index in [0.29, 0.717) is 6.54 Å². The minimum Gasteiger partial charge on any atom is -0.395 e. The highest BCUT2D eigenvalue weighted by Crippen LogP contribution is 2.22. The standard InChI is InChI=1S/C11H13N3OS/c1-14(6-7-15)11-5-4-9(12-13-11)10-3-2-8-16-10/h2-5,8,15H,6-7H2,1H3. The van der Waals surface area contributed by atoms with Crippen molar-refractivity contribution in [1.29, 1.82) is 0 Å². The highest BCUT2D eigenvalue weighted by molar-refractivity contribution is 7.13. The molecule has 2 heterocycles. The molecule has 84 valence electrons. The second kappa shape index (κ2) is 5.05. The summed E-state index contributed by atoms with van der Waals surface area (Å²) in [5, 5.41) is 19.1. The SMILES string of the molecule is CN(CCO)c1ccc(-c2cccs2)nn1. The quantitative estimate of drug-likeness (QED) is 0.875. The smallest absolute Gasteiger partial charge is 0.151 e. The summed E-state index contributed by atoms with van der Waals surface area (Å²) in [5.41, 5.74) is 0.885. The monoisotopic (exact) mass is 235 g/mol. The van der Waals surface area contributed by atoms with Gasteiger partial charge in [-0.25, -0.2) is 0 Å². The van der Waals surface area contributed by atoms with Crippen LogP contribution in [0.5, 0.6) is 0 Å². The topological polar surface area (TPSA) is 49.2 Å². The lowest BCUT2D eigenvalue weighted by atomic mass is 10.3. The van der Waals surface area contributed by atoms with Gasteiger partial charge >= 0.3 is 0 Å². The summed E-state index contributed by atoms with van der Waals surface area (Å²) in [6, 6.07) is 7.87. The molecule has 0 spiro atoms. The molecule has 0 aromatic carbocycles. The third-order valence-corrected chi connectivity index (χ3v) is 3.14. The van der Waals surface area contributed by atoms with E-state index in [1.807, 2.05) is 41.6 Å². The van der Waals surface area contributed by atoms with Gasteiger partial charge in [-0.2, -0.15) is 0 Å². The van der Waals surface area contributed by atoms with Crippen LogP contribution in [0.3, 0.4) is 0 Å². The number of hydrogen-bond donors (Lipinski definition) is 1. The molecule has 0 radical (unpaired) electrons. The molecule has 0 atom stereocenters. The first-order valence-corrected chi connectivity index (χ1v) is 5.89. The van der Waals surface area contributed by atoms with E-state index in [1.54, 1.807) is 11.3 Å². The third-order valence-electron chi connectivity index (χ3n) is 2.25. The maximum absolute atomic E-state index is 8.81. The molecule has 0 saturated carbocycles. The number of nitrogens with zero attached hydrogens (tertiary/aromatic N) is 3. The Morgan fingerprint density at radius 2 is 2.19 bits per heavy atom. The second-order valence-corrected chi connectivity index (χ2v) is 4.35. The fourth-order valence-corrected chi connectivity index (χ4v) is 2.04. The second-order valence-electron chi connectivity index (χ2n) is 3.40. The number of rotatable bonds is 4. The molecule has 0 aliphatic carbocycles. The van der Waals surface area contributed by atoms with Gasteiger partial charge in [-0.05, 0) is 23.6 Å². The van der Waals surface area contributed by atoms with Crippen LogP contribution in [-0.2, 0) is 0 Å². The van der Waals surface area contributed by atoms with Gasteiger partial charge in [-0.3, -0.25) is 0 Å². The van der Waals surface area contributed by atoms with E-state index in [2.05, 4.69) is 10.2 Å². The van der Waals surface area contributed by atoms with Crippen LogP contribution in [0.25, 0.3) is 10.6 Å². The van der Waals surface area contributed by atoms with Gasteiger partial charge in [0, 0.05) is 13.6 Å². The fourth-order valence-electron chi connectivity index (χ4n) is 1.35. The molecule has 1 N–H and O–H groups in total. The zero-order valence-corrected chi connectivity index (χ0v) is 9.81. The van der Waals surface area contributed by atoms with Crippen LogP contribution in [0, 0.1) is 0 Å². The van der Waals surface area contributed by atoms with Gasteiger partial charge in [0.15, 0.2) is 5.82 Å². The minimum atomic E-state index is 0.116. The normalized spacial score (nSPS) is 10.4. The molecular weight excluding hydrogens is 222 g/mol. The van der Waals surface area contributed by atoms with Gasteiger partial charge in [0.25, 0.3) is 0 Å². The molecule has 4 nitrogen and oxygen atoms in total. The first-order chi connectivity index (χ1) is 7.81. The molecule has 16 heavy (non-hydrogen) atoms. The summed E-state index contributed by atoms with van der Waals surface area (Å²) in [6.07, 6.45) is 0. The van der Waals surface area contributed by atoms with Crippen molar-refractivity contribution in [1.82, 2.24) is 10.2 Å². The largest absolute Gasteiger partial charge is 0.395 e. The average Bonchev–Trinajstić information content (AvgIpc) is 2.83. The zero-order chi connectivity index (χ0) is 11.4. The maximum atomic E-state index is 8.81. The molecule has 0 saturated heterocycles. The molecule has 2 aromatic heterocycles. The Labute approximate surface area is 98.2 Å². The van der Waals surface area contributed by atoms with Crippen LogP contribution in [0.15, 0.2) is 29.6 Å². The van der Waals surface area contributed by atoms with E-state index in [4.69, 9.17) is 5.11 Å². The highest BCUT2D eigenvalue weighted by atomic mass is 32.1. The van der Waals surface area contributed by atoms with Gasteiger partial charge in [0.1, 0.15) is 5.69 Å². The van der Waals surface area contributed by atoms with E-state index in [-0.39, 0.29) is 6.61 Å². The van der Waals surface area contributed by atoms with Crippen molar-refractivity contribution in [3.8, 4) is 10.6 Å². The Bertz CT molecular complexity index is 427. The Morgan fingerprint density at radius 3 is 2.75 bits per heavy atom. The van der Waals surface area contributed by atoms with Crippen LogP contribution in [0.2, 0.25) is 0 Å². The number of hydrogen-bond acceptors (Lipinski definition) is 5. The number of anilines is 1. The molecule has 0 aliphatic heterocycles. The molecule has 0 unspecified atom stereocenters. The third kappa shape index (κ3) is 2.37. The molecule has 0 bridgehead atoms. The van der Waals surface area contributed by atoms with E-state index in [1.165, 1.54) is 0 Å². The van der Waals surface area contributed by atoms with Crippen molar-refractivity contribution in [3.63, 3.8) is 0 Å². The number of aliphatic hydroxyl groups excluding tert-OH is 1. The predicted octanol–water partition coefficient (Wildman–Crippen LogP) is 1.63. The van der Waals surface area contributed by atoms with Crippen LogP contribution in [0.1, 0.15) is 0 Å². The van der Waals surface area contributed by atoms with E-state index < -0.39 is 0 Å². The number of thiophene rings is 1. The van der Waals surface area contributed by atoms with Crippen molar-refractivity contribution >= 4 is 17.2 Å². The van der Waals surface area contributed by atoms with Crippen molar-refractivity contribution < 1.29 is 5.11 Å². The Balaban J connectivity index is 2.16. The van der Waals surface area contributed by atoms with Crippen molar-refractivity contribution in [2.24, 2.45) is 0 Å². The summed E-state index contributed by atoms with van der Waals surface area (Å²) >= 11 is 1.64. The Morgan fingerprint density at radius 1 is 1.31 bits per heavy atom. The first kappa shape index (κ1) is 11.0. The summed E-state index contributed by atoms with van der Waals surface area (Å²) in [6.45, 7) is 0.678. The summed E-state index contributed by atoms with van der Waals surface area (Å²) < 4.78 is 0. The molecule has 2 rings (SSSR count). The lowest BCUT2D eigenvalue weighted by molar-refractivity contribution is 0.303. The molecular formula is C11H13N3OS. The Hall–Kier alpha value is -1.46. The first-order valence-electron chi connectivity index (χ1n) is 5.01. The van der Waals surface area contributed by atoms with Gasteiger partial charge in [0.05, 0.1) is 11.5 Å². The molecule has 2 aromatic rings. The van der Waals surface area contributed by atoms with Crippen molar-refractivity contribution in [2.45, 2.75) is 0 Å². The number of aromatic nitrogens is 2. The lowest BCUT2D eigenvalue weighted by Gasteiger charge is -2.15. The van der Waals surface area contributed by atoms with Gasteiger partial charge < -0.3 is 10.0 Å². The van der Waals surface area contributed by atoms with Gasteiger partial charge in [-0.15, -0.1) is 21.5 Å². The van der Waals surface area contributed by atoms with E-state index in [0.717, 1.165) is 16.4 Å². The lowest BCUT2D eigenvalue weighted by Crippen LogP contribution is -2.22. The highest BCUT2D eigenvalue weighted by Gasteiger charge is 2.04. The molecule has 0 aliphatic rings. The molecule has 5 heteroatoms. The van der Waals surface area contributed by atoms with Crippen molar-refractivity contribution in [3.05, 3.63) is 29.6 Å². The summed E-state index contributed by atoms with van der Waals surface area (Å²) in [4.78, 5) is 2.98. The maximum Gasteiger partial charge on any atom is 0.151 e. The molecule has 0 amide bonds. The average molecular weight is 235 g/mol. The van der Waals surface area contributed by atoms with E-state index >= 15 is 0 Å². The van der Waals surface area contributed by atoms with Crippen LogP contribution in [-0.4, -0.2) is 35.5 Å².